The van der Waals surface area contributed by atoms with Gasteiger partial charge in [0.25, 0.3) is 0 Å². The van der Waals surface area contributed by atoms with E-state index in [2.05, 4.69) is 11.1 Å². The fourth-order valence-corrected chi connectivity index (χ4v) is 2.78. The minimum atomic E-state index is 0.391. The maximum atomic E-state index is 5.84. The molecule has 1 heterocycles. The van der Waals surface area contributed by atoms with Crippen LogP contribution >= 0.6 is 12.2 Å². The van der Waals surface area contributed by atoms with E-state index in [0.717, 1.165) is 37.4 Å². The molecule has 1 aromatic rings. The number of rotatable bonds is 5. The van der Waals surface area contributed by atoms with Gasteiger partial charge in [-0.05, 0) is 49.7 Å². The summed E-state index contributed by atoms with van der Waals surface area (Å²) in [5, 5.41) is 0. The highest BCUT2D eigenvalue weighted by Crippen LogP contribution is 2.32. The molecule has 2 N–H and O–H groups in total. The summed E-state index contributed by atoms with van der Waals surface area (Å²) in [6, 6.07) is 2.09. The molecule has 0 unspecified atom stereocenters. The van der Waals surface area contributed by atoms with Gasteiger partial charge in [0.15, 0.2) is 0 Å². The van der Waals surface area contributed by atoms with E-state index in [1.54, 1.807) is 0 Å². The van der Waals surface area contributed by atoms with Crippen LogP contribution in [-0.2, 0) is 12.8 Å². The van der Waals surface area contributed by atoms with Crippen molar-refractivity contribution >= 4 is 17.2 Å². The molecule has 0 spiro atoms. The summed E-state index contributed by atoms with van der Waals surface area (Å²) in [5.74, 6) is 1.51. The Hall–Kier alpha value is -1.16. The number of ether oxygens (including phenoxy) is 1. The lowest BCUT2D eigenvalue weighted by atomic mass is 9.95. The number of aromatic nitrogens is 1. The van der Waals surface area contributed by atoms with Crippen LogP contribution in [0.1, 0.15) is 48.9 Å². The molecule has 0 amide bonds. The molecule has 1 saturated carbocycles. The van der Waals surface area contributed by atoms with Gasteiger partial charge >= 0.3 is 0 Å². The Labute approximate surface area is 119 Å². The van der Waals surface area contributed by atoms with Crippen molar-refractivity contribution in [1.82, 2.24) is 4.98 Å². The van der Waals surface area contributed by atoms with Crippen LogP contribution in [-0.4, -0.2) is 16.6 Å². The van der Waals surface area contributed by atoms with Gasteiger partial charge in [-0.1, -0.05) is 25.1 Å². The van der Waals surface area contributed by atoms with Crippen LogP contribution in [0.4, 0.5) is 0 Å². The zero-order chi connectivity index (χ0) is 13.2. The lowest BCUT2D eigenvalue weighted by molar-refractivity contribution is 0.289. The van der Waals surface area contributed by atoms with Crippen molar-refractivity contribution in [2.45, 2.75) is 44.9 Å². The first-order chi connectivity index (χ1) is 9.24. The highest BCUT2D eigenvalue weighted by atomic mass is 32.1. The molecule has 3 rings (SSSR count). The van der Waals surface area contributed by atoms with Gasteiger partial charge in [-0.25, -0.2) is 4.98 Å². The fourth-order valence-electron chi connectivity index (χ4n) is 2.63. The van der Waals surface area contributed by atoms with Crippen molar-refractivity contribution < 1.29 is 4.74 Å². The third kappa shape index (κ3) is 3.06. The summed E-state index contributed by atoms with van der Waals surface area (Å²) in [6.45, 7) is 0.728. The first kappa shape index (κ1) is 12.9. The van der Waals surface area contributed by atoms with E-state index in [0.29, 0.717) is 10.9 Å². The molecule has 2 aliphatic rings. The molecule has 4 heteroatoms. The second-order valence-electron chi connectivity index (χ2n) is 5.60. The molecule has 0 radical (unpaired) electrons. The van der Waals surface area contributed by atoms with Gasteiger partial charge in [-0.2, -0.15) is 0 Å². The van der Waals surface area contributed by atoms with Crippen molar-refractivity contribution in [3.05, 3.63) is 22.9 Å². The van der Waals surface area contributed by atoms with Gasteiger partial charge < -0.3 is 10.5 Å². The molecule has 1 fully saturated rings. The van der Waals surface area contributed by atoms with Crippen LogP contribution in [0, 0.1) is 5.92 Å². The van der Waals surface area contributed by atoms with E-state index < -0.39 is 0 Å². The highest BCUT2D eigenvalue weighted by molar-refractivity contribution is 7.80. The van der Waals surface area contributed by atoms with Gasteiger partial charge in [0, 0.05) is 5.69 Å². The number of hydrogen-bond acceptors (Lipinski definition) is 3. The fraction of sp³-hybridized carbons (Fsp3) is 0.600. The maximum Gasteiger partial charge on any atom is 0.224 e. The van der Waals surface area contributed by atoms with Crippen LogP contribution in [0.15, 0.2) is 6.07 Å². The minimum absolute atomic E-state index is 0.391. The lowest BCUT2D eigenvalue weighted by Crippen LogP contribution is -2.17. The first-order valence-electron chi connectivity index (χ1n) is 7.19. The molecular formula is C15H20N2OS. The average Bonchev–Trinajstić information content (AvgIpc) is 3.22. The highest BCUT2D eigenvalue weighted by Gasteiger charge is 2.22. The Bertz CT molecular complexity index is 497. The number of hydrogen-bond donors (Lipinski definition) is 1. The molecule has 19 heavy (non-hydrogen) atoms. The molecule has 0 atom stereocenters. The summed E-state index contributed by atoms with van der Waals surface area (Å²) in [5.41, 5.74) is 9.08. The molecule has 102 valence electrons. The lowest BCUT2D eigenvalue weighted by Gasteiger charge is -2.18. The van der Waals surface area contributed by atoms with Crippen molar-refractivity contribution in [3.8, 4) is 5.88 Å². The van der Waals surface area contributed by atoms with E-state index in [9.17, 15) is 0 Å². The summed E-state index contributed by atoms with van der Waals surface area (Å²) < 4.78 is 5.84. The van der Waals surface area contributed by atoms with E-state index in [1.165, 1.54) is 36.9 Å². The van der Waals surface area contributed by atoms with Crippen molar-refractivity contribution in [3.63, 3.8) is 0 Å². The average molecular weight is 276 g/mol. The summed E-state index contributed by atoms with van der Waals surface area (Å²) in [4.78, 5) is 5.05. The van der Waals surface area contributed by atoms with Crippen LogP contribution in [0.5, 0.6) is 5.88 Å². The van der Waals surface area contributed by atoms with Gasteiger partial charge in [0.05, 0.1) is 12.2 Å². The third-order valence-corrected chi connectivity index (χ3v) is 4.21. The second kappa shape index (κ2) is 5.45. The van der Waals surface area contributed by atoms with Gasteiger partial charge in [-0.15, -0.1) is 0 Å². The van der Waals surface area contributed by atoms with Crippen LogP contribution < -0.4 is 10.5 Å². The monoisotopic (exact) mass is 276 g/mol. The SMILES string of the molecule is NC(=S)c1cc2c(nc1OCCC1CC1)CCCC2. The van der Waals surface area contributed by atoms with E-state index >= 15 is 0 Å². The van der Waals surface area contributed by atoms with Crippen molar-refractivity contribution in [1.29, 1.82) is 0 Å². The van der Waals surface area contributed by atoms with Crippen LogP contribution in [0.25, 0.3) is 0 Å². The quantitative estimate of drug-likeness (QED) is 0.840. The predicted molar refractivity (Wildman–Crippen MR) is 79.6 cm³/mol. The number of nitrogens with zero attached hydrogens (tertiary/aromatic N) is 1. The standard InChI is InChI=1S/C15H20N2OS/c16-14(19)12-9-11-3-1-2-4-13(11)17-15(12)18-8-7-10-5-6-10/h9-10H,1-8H2,(H2,16,19). The van der Waals surface area contributed by atoms with Gasteiger partial charge in [0.1, 0.15) is 4.99 Å². The van der Waals surface area contributed by atoms with Crippen LogP contribution in [0.3, 0.4) is 0 Å². The summed E-state index contributed by atoms with van der Waals surface area (Å²) in [7, 11) is 0. The molecule has 2 aliphatic carbocycles. The molecule has 0 bridgehead atoms. The number of nitrogens with two attached hydrogens (primary N) is 1. The van der Waals surface area contributed by atoms with E-state index in [4.69, 9.17) is 22.7 Å². The Kier molecular flexibility index (Phi) is 3.69. The molecule has 0 aromatic carbocycles. The zero-order valence-electron chi connectivity index (χ0n) is 11.2. The summed E-state index contributed by atoms with van der Waals surface area (Å²) in [6.07, 6.45) is 8.40. The topological polar surface area (TPSA) is 48.1 Å². The smallest absolute Gasteiger partial charge is 0.224 e. The third-order valence-electron chi connectivity index (χ3n) is 3.99. The van der Waals surface area contributed by atoms with Gasteiger partial charge in [0.2, 0.25) is 5.88 Å². The molecule has 3 nitrogen and oxygen atoms in total. The van der Waals surface area contributed by atoms with E-state index in [1.807, 2.05) is 0 Å². The predicted octanol–water partition coefficient (Wildman–Crippen LogP) is 2.77. The number of aryl methyl sites for hydroxylation is 2. The number of pyridine rings is 1. The maximum absolute atomic E-state index is 5.84. The first-order valence-corrected chi connectivity index (χ1v) is 7.60. The largest absolute Gasteiger partial charge is 0.477 e. The molecular weight excluding hydrogens is 256 g/mol. The Morgan fingerprint density at radius 3 is 2.89 bits per heavy atom. The minimum Gasteiger partial charge on any atom is -0.477 e. The molecule has 1 aromatic heterocycles. The zero-order valence-corrected chi connectivity index (χ0v) is 12.0. The Balaban J connectivity index is 1.80. The molecule has 0 aliphatic heterocycles. The van der Waals surface area contributed by atoms with E-state index in [-0.39, 0.29) is 0 Å². The van der Waals surface area contributed by atoms with Crippen molar-refractivity contribution in [2.75, 3.05) is 6.61 Å². The van der Waals surface area contributed by atoms with Crippen LogP contribution in [0.2, 0.25) is 0 Å². The Morgan fingerprint density at radius 1 is 1.37 bits per heavy atom. The van der Waals surface area contributed by atoms with Crippen molar-refractivity contribution in [2.24, 2.45) is 11.7 Å². The number of fused-ring (bicyclic) bond motifs is 1. The molecule has 0 saturated heterocycles. The number of thiocarbonyl (C=S) groups is 1. The Morgan fingerprint density at radius 2 is 2.16 bits per heavy atom. The second-order valence-corrected chi connectivity index (χ2v) is 6.04. The summed E-state index contributed by atoms with van der Waals surface area (Å²) >= 11 is 5.13. The van der Waals surface area contributed by atoms with Gasteiger partial charge in [-0.3, -0.25) is 0 Å². The normalized spacial score (nSPS) is 17.9.